The lowest BCUT2D eigenvalue weighted by Crippen LogP contribution is -2.60. The first-order chi connectivity index (χ1) is 16.5. The van der Waals surface area contributed by atoms with Crippen LogP contribution in [0.25, 0.3) is 0 Å². The third kappa shape index (κ3) is 4.42. The van der Waals surface area contributed by atoms with Crippen LogP contribution >= 0.6 is 0 Å². The third-order valence-corrected chi connectivity index (χ3v) is 11.2. The van der Waals surface area contributed by atoms with Gasteiger partial charge in [-0.05, 0) is 85.9 Å². The van der Waals surface area contributed by atoms with E-state index in [-0.39, 0.29) is 34.8 Å². The average molecular weight is 497 g/mol. The van der Waals surface area contributed by atoms with E-state index in [0.717, 1.165) is 44.9 Å². The van der Waals surface area contributed by atoms with Crippen LogP contribution in [0.3, 0.4) is 0 Å². The molecule has 0 aromatic rings. The zero-order valence-electron chi connectivity index (χ0n) is 22.0. The van der Waals surface area contributed by atoms with Crippen molar-refractivity contribution in [2.75, 3.05) is 7.11 Å². The molecular weight excluding hydrogens is 452 g/mol. The predicted molar refractivity (Wildman–Crippen MR) is 127 cm³/mol. The van der Waals surface area contributed by atoms with Crippen LogP contribution in [0.15, 0.2) is 0 Å². The van der Waals surface area contributed by atoms with E-state index in [4.69, 9.17) is 9.47 Å². The molecule has 0 aromatic carbocycles. The molecule has 0 saturated heterocycles. The normalized spacial score (nSPS) is 42.8. The summed E-state index contributed by atoms with van der Waals surface area (Å²) in [5.41, 5.74) is -0.121. The number of hydrogen-bond acceptors (Lipinski definition) is 8. The molecule has 0 aromatic heterocycles. The zero-order valence-corrected chi connectivity index (χ0v) is 22.0. The van der Waals surface area contributed by atoms with Gasteiger partial charge in [-0.1, -0.05) is 20.8 Å². The maximum Gasteiger partial charge on any atom is 0.305 e. The van der Waals surface area contributed by atoms with Gasteiger partial charge in [0.05, 0.1) is 7.11 Å². The van der Waals surface area contributed by atoms with E-state index in [1.165, 1.54) is 14.0 Å². The molecule has 4 aliphatic carbocycles. The molecule has 200 valence electrons. The van der Waals surface area contributed by atoms with E-state index in [0.29, 0.717) is 48.9 Å². The second kappa shape index (κ2) is 9.92. The quantitative estimate of drug-likeness (QED) is 0.207. The minimum Gasteiger partial charge on any atom is -0.469 e. The predicted octanol–water partition coefficient (Wildman–Crippen LogP) is 5.45. The molecule has 0 heterocycles. The third-order valence-electron chi connectivity index (χ3n) is 11.2. The summed E-state index contributed by atoms with van der Waals surface area (Å²) in [7, 11) is 1.43. The van der Waals surface area contributed by atoms with Crippen LogP contribution in [0.1, 0.15) is 91.9 Å². The summed E-state index contributed by atoms with van der Waals surface area (Å²) >= 11 is 0. The molecule has 8 heteroatoms. The van der Waals surface area contributed by atoms with Gasteiger partial charge in [0.25, 0.3) is 0 Å². The molecule has 4 aliphatic rings. The van der Waals surface area contributed by atoms with Crippen molar-refractivity contribution in [3.63, 3.8) is 0 Å². The van der Waals surface area contributed by atoms with Crippen LogP contribution in [-0.2, 0) is 28.8 Å². The van der Waals surface area contributed by atoms with E-state index < -0.39 is 5.79 Å². The zero-order chi connectivity index (χ0) is 25.6. The van der Waals surface area contributed by atoms with Gasteiger partial charge in [0.2, 0.25) is 5.79 Å². The Hall–Kier alpha value is -1.22. The van der Waals surface area contributed by atoms with Crippen molar-refractivity contribution < 1.29 is 39.4 Å². The molecule has 4 rings (SSSR count). The Bertz CT molecular complexity index is 796. The topological polar surface area (TPSA) is 112 Å². The van der Waals surface area contributed by atoms with Gasteiger partial charge < -0.3 is 9.47 Å². The molecule has 2 N–H and O–H groups in total. The molecule has 9 atom stereocenters. The average Bonchev–Trinajstić information content (AvgIpc) is 3.20. The SMILES string of the molecule is COC(=O)CC[C@@H](C)[C@H]1CC[C@H]2[C@@H]3CC[C@@H]4CC(OO)(OO)CC[C@]4(C)[C@H]3C[C@H](OC(C)=O)[C@]12C. The molecule has 35 heavy (non-hydrogen) atoms. The molecule has 0 spiro atoms. The van der Waals surface area contributed by atoms with Gasteiger partial charge in [-0.15, -0.1) is 0 Å². The van der Waals surface area contributed by atoms with Gasteiger partial charge >= 0.3 is 11.9 Å². The highest BCUT2D eigenvalue weighted by Crippen LogP contribution is 2.69. The molecule has 0 radical (unpaired) electrons. The smallest absolute Gasteiger partial charge is 0.305 e. The van der Waals surface area contributed by atoms with Crippen molar-refractivity contribution in [3.8, 4) is 0 Å². The van der Waals surface area contributed by atoms with E-state index >= 15 is 0 Å². The largest absolute Gasteiger partial charge is 0.469 e. The highest BCUT2D eigenvalue weighted by Gasteiger charge is 2.66. The summed E-state index contributed by atoms with van der Waals surface area (Å²) in [6.45, 7) is 8.42. The Morgan fingerprint density at radius 2 is 1.74 bits per heavy atom. The van der Waals surface area contributed by atoms with Gasteiger partial charge in [0.15, 0.2) is 0 Å². The van der Waals surface area contributed by atoms with Crippen molar-refractivity contribution >= 4 is 11.9 Å². The van der Waals surface area contributed by atoms with Gasteiger partial charge in [-0.25, -0.2) is 20.3 Å². The highest BCUT2D eigenvalue weighted by molar-refractivity contribution is 5.69. The first kappa shape index (κ1) is 26.8. The van der Waals surface area contributed by atoms with Crippen molar-refractivity contribution in [2.45, 2.75) is 104 Å². The number of esters is 2. The van der Waals surface area contributed by atoms with Gasteiger partial charge in [0, 0.05) is 31.6 Å². The Kier molecular flexibility index (Phi) is 7.60. The van der Waals surface area contributed by atoms with Crippen LogP contribution in [-0.4, -0.2) is 41.5 Å². The van der Waals surface area contributed by atoms with E-state index in [2.05, 4.69) is 30.5 Å². The van der Waals surface area contributed by atoms with Crippen molar-refractivity contribution in [2.24, 2.45) is 46.3 Å². The standard InChI is InChI=1S/C27H44O8/c1-16(6-11-24(29)32-5)20-9-10-21-19-8-7-18-15-27(34-30,35-31)13-12-25(18,3)22(19)14-23(26(20,21)4)33-17(2)28/h16,18-23,30-31H,6-15H2,1-5H3/t16-,18-,19+,20-,21+,22+,23+,25+,26-/m1/s1. The summed E-state index contributed by atoms with van der Waals surface area (Å²) in [6.07, 6.45) is 7.80. The van der Waals surface area contributed by atoms with Crippen LogP contribution < -0.4 is 0 Å². The fraction of sp³-hybridized carbons (Fsp3) is 0.926. The lowest BCUT2D eigenvalue weighted by atomic mass is 9.43. The summed E-state index contributed by atoms with van der Waals surface area (Å²) in [6, 6.07) is 0. The van der Waals surface area contributed by atoms with Crippen LogP contribution in [0, 0.1) is 46.3 Å². The number of ether oxygens (including phenoxy) is 2. The number of methoxy groups -OCH3 is 1. The van der Waals surface area contributed by atoms with Crippen LogP contribution in [0.5, 0.6) is 0 Å². The minimum atomic E-state index is -1.34. The van der Waals surface area contributed by atoms with Crippen molar-refractivity contribution in [3.05, 3.63) is 0 Å². The second-order valence-corrected chi connectivity index (χ2v) is 12.4. The van der Waals surface area contributed by atoms with Crippen molar-refractivity contribution in [1.82, 2.24) is 0 Å². The lowest BCUT2D eigenvalue weighted by Gasteiger charge is -2.63. The molecule has 0 bridgehead atoms. The van der Waals surface area contributed by atoms with Crippen molar-refractivity contribution in [1.29, 1.82) is 0 Å². The molecule has 0 unspecified atom stereocenters. The minimum absolute atomic E-state index is 0.00219. The van der Waals surface area contributed by atoms with E-state index in [1.54, 1.807) is 0 Å². The van der Waals surface area contributed by atoms with Gasteiger partial charge in [-0.2, -0.15) is 0 Å². The molecule has 0 amide bonds. The Labute approximate surface area is 208 Å². The van der Waals surface area contributed by atoms with Crippen LogP contribution in [0.4, 0.5) is 0 Å². The molecule has 4 fully saturated rings. The second-order valence-electron chi connectivity index (χ2n) is 12.4. The number of carbonyl (C=O) groups excluding carboxylic acids is 2. The van der Waals surface area contributed by atoms with Crippen LogP contribution in [0.2, 0.25) is 0 Å². The maximum atomic E-state index is 12.3. The summed E-state index contributed by atoms with van der Waals surface area (Å²) < 4.78 is 11.0. The number of fused-ring (bicyclic) bond motifs is 5. The van der Waals surface area contributed by atoms with E-state index in [1.807, 2.05) is 0 Å². The molecule has 8 nitrogen and oxygen atoms in total. The summed E-state index contributed by atoms with van der Waals surface area (Å²) in [5.74, 6) is 0.620. The summed E-state index contributed by atoms with van der Waals surface area (Å²) in [4.78, 5) is 33.4. The van der Waals surface area contributed by atoms with Gasteiger partial charge in [-0.3, -0.25) is 9.59 Å². The molecule has 0 aliphatic heterocycles. The number of hydrogen-bond donors (Lipinski definition) is 2. The Balaban J connectivity index is 1.61. The fourth-order valence-corrected chi connectivity index (χ4v) is 9.30. The van der Waals surface area contributed by atoms with E-state index in [9.17, 15) is 20.1 Å². The fourth-order valence-electron chi connectivity index (χ4n) is 9.30. The monoisotopic (exact) mass is 496 g/mol. The first-order valence-electron chi connectivity index (χ1n) is 13.4. The molecule has 4 saturated carbocycles. The Morgan fingerprint density at radius 1 is 1.03 bits per heavy atom. The number of carbonyl (C=O) groups is 2. The highest BCUT2D eigenvalue weighted by atomic mass is 17.2. The number of rotatable bonds is 7. The summed E-state index contributed by atoms with van der Waals surface area (Å²) in [5, 5.41) is 18.9. The van der Waals surface area contributed by atoms with Gasteiger partial charge in [0.1, 0.15) is 6.10 Å². The maximum absolute atomic E-state index is 12.3. The first-order valence-corrected chi connectivity index (χ1v) is 13.4. The lowest BCUT2D eigenvalue weighted by molar-refractivity contribution is -0.499. The molecular formula is C27H44O8. The Morgan fingerprint density at radius 3 is 2.37 bits per heavy atom.